The van der Waals surface area contributed by atoms with Gasteiger partial charge in [-0.3, -0.25) is 15.4 Å². The van der Waals surface area contributed by atoms with Gasteiger partial charge in [-0.15, -0.1) is 0 Å². The van der Waals surface area contributed by atoms with Gasteiger partial charge in [0.2, 0.25) is 0 Å². The van der Waals surface area contributed by atoms with Gasteiger partial charge in [0, 0.05) is 47.7 Å². The lowest BCUT2D eigenvalue weighted by atomic mass is 10.0. The molecule has 0 saturated carbocycles. The molecule has 0 aliphatic carbocycles. The third kappa shape index (κ3) is 2.73. The minimum Gasteiger partial charge on any atom is -0.378 e. The Balaban J connectivity index is 2.04. The number of benzene rings is 1. The Bertz CT molecular complexity index is 851. The van der Waals surface area contributed by atoms with Crippen molar-refractivity contribution >= 4 is 32.9 Å². The maximum atomic E-state index is 8.15. The normalized spacial score (nSPS) is 11.8. The number of aromatic nitrogens is 2. The number of H-pyrrole nitrogens is 1. The lowest BCUT2D eigenvalue weighted by molar-refractivity contribution is 1.33. The fraction of sp³-hybridized carbons (Fsp3) is 0.0625. The van der Waals surface area contributed by atoms with E-state index in [2.05, 4.69) is 15.0 Å². The topological polar surface area (TPSA) is 90.9 Å². The van der Waals surface area contributed by atoms with Crippen molar-refractivity contribution < 1.29 is 0 Å². The zero-order chi connectivity index (χ0) is 15.5. The highest BCUT2D eigenvalue weighted by atomic mass is 32.2. The molecule has 0 radical (unpaired) electrons. The Kier molecular flexibility index (Phi) is 3.93. The molecule has 0 unspecified atom stereocenters. The maximum Gasteiger partial charge on any atom is 0.160 e. The van der Waals surface area contributed by atoms with Crippen LogP contribution in [0.15, 0.2) is 53.9 Å². The molecule has 6 heteroatoms. The number of nitrogens with one attached hydrogen (secondary N) is 2. The average Bonchev–Trinajstić information content (AvgIpc) is 2.98. The molecule has 0 fully saturated rings. The first kappa shape index (κ1) is 14.3. The average molecular weight is 309 g/mol. The fourth-order valence-corrected chi connectivity index (χ4v) is 2.79. The van der Waals surface area contributed by atoms with Crippen molar-refractivity contribution in [3.05, 3.63) is 54.5 Å². The van der Waals surface area contributed by atoms with Gasteiger partial charge < -0.3 is 10.7 Å². The number of amidine groups is 1. The standard InChI is InChI=1S/C16H15N5S/c1-19-16(18)22-15(17)11-2-3-14-12(8-11)13(9-21-14)10-4-6-20-7-5-10/h2-9,17,21H,1H3,(H2,18,19). The van der Waals surface area contributed by atoms with Crippen LogP contribution in [-0.2, 0) is 0 Å². The van der Waals surface area contributed by atoms with E-state index in [0.717, 1.165) is 39.4 Å². The second-order valence-corrected chi connectivity index (χ2v) is 5.72. The minimum atomic E-state index is 0.381. The van der Waals surface area contributed by atoms with Crippen LogP contribution in [-0.4, -0.2) is 27.2 Å². The summed E-state index contributed by atoms with van der Waals surface area (Å²) < 4.78 is 0. The number of pyridine rings is 1. The summed E-state index contributed by atoms with van der Waals surface area (Å²) in [5.74, 6) is 0. The van der Waals surface area contributed by atoms with Crippen molar-refractivity contribution in [3.8, 4) is 11.1 Å². The Morgan fingerprint density at radius 2 is 2.05 bits per heavy atom. The van der Waals surface area contributed by atoms with E-state index < -0.39 is 0 Å². The van der Waals surface area contributed by atoms with Crippen LogP contribution in [0.5, 0.6) is 0 Å². The second kappa shape index (κ2) is 6.03. The van der Waals surface area contributed by atoms with Crippen molar-refractivity contribution in [3.63, 3.8) is 0 Å². The predicted molar refractivity (Wildman–Crippen MR) is 93.5 cm³/mol. The molecular weight excluding hydrogens is 294 g/mol. The summed E-state index contributed by atoms with van der Waals surface area (Å²) in [6.07, 6.45) is 5.52. The van der Waals surface area contributed by atoms with E-state index >= 15 is 0 Å². The summed E-state index contributed by atoms with van der Waals surface area (Å²) in [6, 6.07) is 9.82. The Hall–Kier alpha value is -2.60. The first-order chi connectivity index (χ1) is 10.7. The molecule has 0 aliphatic rings. The third-order valence-electron chi connectivity index (χ3n) is 3.36. The molecule has 22 heavy (non-hydrogen) atoms. The van der Waals surface area contributed by atoms with Gasteiger partial charge in [-0.1, -0.05) is 6.07 Å². The van der Waals surface area contributed by atoms with Crippen molar-refractivity contribution in [2.75, 3.05) is 7.05 Å². The Morgan fingerprint density at radius 1 is 1.27 bits per heavy atom. The molecule has 2 aromatic heterocycles. The first-order valence-corrected chi connectivity index (χ1v) is 7.51. The fourth-order valence-electron chi connectivity index (χ4n) is 2.24. The molecule has 110 valence electrons. The van der Waals surface area contributed by atoms with Gasteiger partial charge in [0.1, 0.15) is 5.04 Å². The Labute approximate surface area is 132 Å². The highest BCUT2D eigenvalue weighted by Crippen LogP contribution is 2.29. The molecule has 0 bridgehead atoms. The number of aromatic amines is 1. The van der Waals surface area contributed by atoms with Crippen molar-refractivity contribution in [1.82, 2.24) is 9.97 Å². The van der Waals surface area contributed by atoms with Gasteiger partial charge in [0.05, 0.1) is 0 Å². The van der Waals surface area contributed by atoms with Crippen LogP contribution < -0.4 is 5.73 Å². The summed E-state index contributed by atoms with van der Waals surface area (Å²) >= 11 is 1.16. The van der Waals surface area contributed by atoms with E-state index in [1.807, 2.05) is 36.5 Å². The number of thioether (sulfide) groups is 1. The molecule has 0 atom stereocenters. The molecule has 0 saturated heterocycles. The van der Waals surface area contributed by atoms with Crippen LogP contribution in [0.25, 0.3) is 22.0 Å². The molecule has 5 nitrogen and oxygen atoms in total. The second-order valence-electron chi connectivity index (χ2n) is 4.69. The first-order valence-electron chi connectivity index (χ1n) is 6.69. The lowest BCUT2D eigenvalue weighted by Crippen LogP contribution is -2.10. The monoisotopic (exact) mass is 309 g/mol. The van der Waals surface area contributed by atoms with Gasteiger partial charge in [0.15, 0.2) is 5.17 Å². The van der Waals surface area contributed by atoms with Crippen LogP contribution >= 0.6 is 11.8 Å². The number of fused-ring (bicyclic) bond motifs is 1. The number of hydrogen-bond donors (Lipinski definition) is 3. The summed E-state index contributed by atoms with van der Waals surface area (Å²) in [5, 5.41) is 9.98. The molecule has 0 spiro atoms. The lowest BCUT2D eigenvalue weighted by Gasteiger charge is -2.05. The smallest absolute Gasteiger partial charge is 0.160 e. The van der Waals surface area contributed by atoms with Crippen molar-refractivity contribution in [2.24, 2.45) is 10.7 Å². The molecule has 3 aromatic rings. The SMILES string of the molecule is CN=C(N)SC(=N)c1ccc2[nH]cc(-c3ccncc3)c2c1. The third-order valence-corrected chi connectivity index (χ3v) is 4.19. The zero-order valence-corrected chi connectivity index (χ0v) is 12.8. The summed E-state index contributed by atoms with van der Waals surface area (Å²) in [6.45, 7) is 0. The maximum absolute atomic E-state index is 8.15. The summed E-state index contributed by atoms with van der Waals surface area (Å²) in [4.78, 5) is 11.2. The number of nitrogens with two attached hydrogens (primary N) is 1. The zero-order valence-electron chi connectivity index (χ0n) is 12.0. The van der Waals surface area contributed by atoms with Crippen LogP contribution in [0, 0.1) is 5.41 Å². The van der Waals surface area contributed by atoms with E-state index in [4.69, 9.17) is 11.1 Å². The molecule has 0 amide bonds. The highest BCUT2D eigenvalue weighted by Gasteiger charge is 2.10. The molecular formula is C16H15N5S. The van der Waals surface area contributed by atoms with Gasteiger partial charge in [-0.05, 0) is 41.6 Å². The number of rotatable bonds is 2. The van der Waals surface area contributed by atoms with E-state index in [9.17, 15) is 0 Å². The van der Waals surface area contributed by atoms with E-state index in [0.29, 0.717) is 10.2 Å². The molecule has 4 N–H and O–H groups in total. The van der Waals surface area contributed by atoms with Crippen molar-refractivity contribution in [1.29, 1.82) is 5.41 Å². The minimum absolute atomic E-state index is 0.381. The predicted octanol–water partition coefficient (Wildman–Crippen LogP) is 3.23. The van der Waals surface area contributed by atoms with Gasteiger partial charge in [0.25, 0.3) is 0 Å². The Morgan fingerprint density at radius 3 is 2.77 bits per heavy atom. The van der Waals surface area contributed by atoms with Crippen molar-refractivity contribution in [2.45, 2.75) is 0 Å². The number of aliphatic imine (C=N–C) groups is 1. The molecule has 1 aromatic carbocycles. The van der Waals surface area contributed by atoms with Crippen LogP contribution in [0.4, 0.5) is 0 Å². The van der Waals surface area contributed by atoms with Gasteiger partial charge in [-0.2, -0.15) is 0 Å². The quantitative estimate of drug-likeness (QED) is 0.501. The van der Waals surface area contributed by atoms with Crippen LogP contribution in [0.1, 0.15) is 5.56 Å². The van der Waals surface area contributed by atoms with E-state index in [1.165, 1.54) is 0 Å². The molecule has 3 rings (SSSR count). The van der Waals surface area contributed by atoms with Crippen LogP contribution in [0.3, 0.4) is 0 Å². The van der Waals surface area contributed by atoms with Crippen LogP contribution in [0.2, 0.25) is 0 Å². The van der Waals surface area contributed by atoms with Gasteiger partial charge >= 0.3 is 0 Å². The number of hydrogen-bond acceptors (Lipinski definition) is 4. The van der Waals surface area contributed by atoms with Gasteiger partial charge in [-0.25, -0.2) is 0 Å². The number of nitrogens with zero attached hydrogens (tertiary/aromatic N) is 2. The largest absolute Gasteiger partial charge is 0.378 e. The highest BCUT2D eigenvalue weighted by molar-refractivity contribution is 8.26. The molecule has 2 heterocycles. The van der Waals surface area contributed by atoms with E-state index in [1.54, 1.807) is 19.4 Å². The van der Waals surface area contributed by atoms with E-state index in [-0.39, 0.29) is 0 Å². The summed E-state index contributed by atoms with van der Waals surface area (Å²) in [7, 11) is 1.62. The summed E-state index contributed by atoms with van der Waals surface area (Å²) in [5.41, 5.74) is 9.72. The molecule has 0 aliphatic heterocycles.